The van der Waals surface area contributed by atoms with Gasteiger partial charge in [0.05, 0.1) is 12.0 Å². The van der Waals surface area contributed by atoms with Crippen LogP contribution >= 0.6 is 0 Å². The summed E-state index contributed by atoms with van der Waals surface area (Å²) in [5.74, 6) is 0.909. The summed E-state index contributed by atoms with van der Waals surface area (Å²) in [6, 6.07) is 2.97. The van der Waals surface area contributed by atoms with Crippen molar-refractivity contribution in [2.45, 2.75) is 44.6 Å². The Hall–Kier alpha value is -0.590. The van der Waals surface area contributed by atoms with Crippen molar-refractivity contribution in [3.05, 3.63) is 0 Å². The third-order valence-electron chi connectivity index (χ3n) is 4.20. The average Bonchev–Trinajstić information content (AvgIpc) is 2.78. The number of aliphatic hydroxyl groups excluding tert-OH is 1. The summed E-state index contributed by atoms with van der Waals surface area (Å²) < 4.78 is 0. The van der Waals surface area contributed by atoms with Crippen LogP contribution in [0.1, 0.15) is 38.5 Å². The smallest absolute Gasteiger partial charge is 0.0672 e. The Labute approximate surface area is 98.1 Å². The lowest BCUT2D eigenvalue weighted by atomic mass is 9.92. The van der Waals surface area contributed by atoms with Crippen molar-refractivity contribution in [1.29, 1.82) is 5.26 Å². The quantitative estimate of drug-likeness (QED) is 0.791. The minimum atomic E-state index is 0.257. The maximum atomic E-state index is 9.12. The summed E-state index contributed by atoms with van der Waals surface area (Å²) >= 11 is 0. The second-order valence-electron chi connectivity index (χ2n) is 5.25. The number of likely N-dealkylation sites (tertiary alicyclic amines) is 1. The Balaban J connectivity index is 1.91. The summed E-state index contributed by atoms with van der Waals surface area (Å²) in [5.41, 5.74) is 0. The lowest BCUT2D eigenvalue weighted by Gasteiger charge is -2.37. The van der Waals surface area contributed by atoms with Crippen LogP contribution in [0.25, 0.3) is 0 Å². The third kappa shape index (κ3) is 2.56. The van der Waals surface area contributed by atoms with E-state index in [9.17, 15) is 0 Å². The van der Waals surface area contributed by atoms with E-state index in [1.165, 1.54) is 25.7 Å². The van der Waals surface area contributed by atoms with Gasteiger partial charge in [0.25, 0.3) is 0 Å². The van der Waals surface area contributed by atoms with Gasteiger partial charge < -0.3 is 5.11 Å². The molecule has 90 valence electrons. The Bertz CT molecular complexity index is 259. The summed E-state index contributed by atoms with van der Waals surface area (Å²) in [4.78, 5) is 2.52. The molecule has 3 heteroatoms. The van der Waals surface area contributed by atoms with Crippen LogP contribution in [0.2, 0.25) is 0 Å². The molecule has 1 aliphatic heterocycles. The van der Waals surface area contributed by atoms with Gasteiger partial charge >= 0.3 is 0 Å². The third-order valence-corrected chi connectivity index (χ3v) is 4.20. The van der Waals surface area contributed by atoms with Crippen LogP contribution in [-0.2, 0) is 0 Å². The first-order valence-corrected chi connectivity index (χ1v) is 6.59. The van der Waals surface area contributed by atoms with Gasteiger partial charge in [-0.15, -0.1) is 0 Å². The molecule has 2 fully saturated rings. The van der Waals surface area contributed by atoms with E-state index in [0.717, 1.165) is 25.9 Å². The molecule has 0 radical (unpaired) electrons. The zero-order chi connectivity index (χ0) is 11.4. The largest absolute Gasteiger partial charge is 0.396 e. The summed E-state index contributed by atoms with van der Waals surface area (Å²) in [7, 11) is 0. The van der Waals surface area contributed by atoms with Crippen molar-refractivity contribution < 1.29 is 5.11 Å². The van der Waals surface area contributed by atoms with Gasteiger partial charge in [-0.05, 0) is 44.6 Å². The Kier molecular flexibility index (Phi) is 4.20. The molecule has 1 saturated heterocycles. The highest BCUT2D eigenvalue weighted by Gasteiger charge is 2.34. The van der Waals surface area contributed by atoms with E-state index in [-0.39, 0.29) is 5.92 Å². The van der Waals surface area contributed by atoms with Gasteiger partial charge in [0, 0.05) is 19.2 Å². The highest BCUT2D eigenvalue weighted by molar-refractivity contribution is 4.98. The monoisotopic (exact) mass is 222 g/mol. The van der Waals surface area contributed by atoms with Crippen LogP contribution in [0.4, 0.5) is 0 Å². The molecule has 0 amide bonds. The minimum Gasteiger partial charge on any atom is -0.396 e. The molecule has 1 aliphatic carbocycles. The van der Waals surface area contributed by atoms with Gasteiger partial charge in [0.15, 0.2) is 0 Å². The molecule has 0 aromatic carbocycles. The fourth-order valence-corrected chi connectivity index (χ4v) is 3.34. The van der Waals surface area contributed by atoms with E-state index < -0.39 is 0 Å². The van der Waals surface area contributed by atoms with Gasteiger partial charge in [-0.3, -0.25) is 4.90 Å². The molecule has 1 heterocycles. The highest BCUT2D eigenvalue weighted by atomic mass is 16.3. The summed E-state index contributed by atoms with van der Waals surface area (Å²) in [6.07, 6.45) is 6.91. The molecule has 1 saturated carbocycles. The molecule has 0 spiro atoms. The molecule has 3 nitrogen and oxygen atoms in total. The first-order valence-electron chi connectivity index (χ1n) is 6.59. The van der Waals surface area contributed by atoms with Crippen molar-refractivity contribution in [1.82, 2.24) is 4.90 Å². The number of hydrogen-bond acceptors (Lipinski definition) is 3. The highest BCUT2D eigenvalue weighted by Crippen LogP contribution is 2.32. The van der Waals surface area contributed by atoms with Gasteiger partial charge in [-0.2, -0.15) is 5.26 Å². The van der Waals surface area contributed by atoms with Crippen molar-refractivity contribution in [3.8, 4) is 6.07 Å². The topological polar surface area (TPSA) is 47.3 Å². The number of aliphatic hydroxyl groups is 1. The lowest BCUT2D eigenvalue weighted by Crippen LogP contribution is -2.44. The van der Waals surface area contributed by atoms with Crippen molar-refractivity contribution in [3.63, 3.8) is 0 Å². The Morgan fingerprint density at radius 1 is 1.25 bits per heavy atom. The molecular weight excluding hydrogens is 200 g/mol. The SMILES string of the molecule is N#CC1CCCC1N1CCCC(CCO)C1. The van der Waals surface area contributed by atoms with Crippen LogP contribution in [0.15, 0.2) is 0 Å². The Morgan fingerprint density at radius 2 is 2.12 bits per heavy atom. The molecule has 3 atom stereocenters. The van der Waals surface area contributed by atoms with Crippen molar-refractivity contribution >= 4 is 0 Å². The second kappa shape index (κ2) is 5.65. The maximum Gasteiger partial charge on any atom is 0.0672 e. The number of nitrogens with zero attached hydrogens (tertiary/aromatic N) is 2. The zero-order valence-electron chi connectivity index (χ0n) is 9.94. The zero-order valence-corrected chi connectivity index (χ0v) is 9.94. The predicted octanol–water partition coefficient (Wildman–Crippen LogP) is 1.77. The van der Waals surface area contributed by atoms with Crippen LogP contribution in [0, 0.1) is 23.2 Å². The van der Waals surface area contributed by atoms with E-state index >= 15 is 0 Å². The van der Waals surface area contributed by atoms with E-state index in [0.29, 0.717) is 18.6 Å². The Morgan fingerprint density at radius 3 is 2.88 bits per heavy atom. The van der Waals surface area contributed by atoms with Crippen LogP contribution < -0.4 is 0 Å². The van der Waals surface area contributed by atoms with Crippen LogP contribution in [-0.4, -0.2) is 35.7 Å². The number of piperidine rings is 1. The van der Waals surface area contributed by atoms with E-state index in [4.69, 9.17) is 10.4 Å². The molecule has 2 rings (SSSR count). The van der Waals surface area contributed by atoms with E-state index in [1.807, 2.05) is 0 Å². The fourth-order valence-electron chi connectivity index (χ4n) is 3.34. The molecule has 3 unspecified atom stereocenters. The van der Waals surface area contributed by atoms with Crippen molar-refractivity contribution in [2.24, 2.45) is 11.8 Å². The average molecular weight is 222 g/mol. The fraction of sp³-hybridized carbons (Fsp3) is 0.923. The van der Waals surface area contributed by atoms with Crippen LogP contribution in [0.3, 0.4) is 0 Å². The molecule has 0 aromatic rings. The van der Waals surface area contributed by atoms with E-state index in [1.54, 1.807) is 0 Å². The van der Waals surface area contributed by atoms with Gasteiger partial charge in [-0.25, -0.2) is 0 Å². The summed E-state index contributed by atoms with van der Waals surface area (Å²) in [6.45, 7) is 2.57. The number of nitriles is 1. The van der Waals surface area contributed by atoms with E-state index in [2.05, 4.69) is 11.0 Å². The number of rotatable bonds is 3. The molecule has 0 aromatic heterocycles. The molecule has 1 N–H and O–H groups in total. The number of hydrogen-bond donors (Lipinski definition) is 1. The van der Waals surface area contributed by atoms with Crippen LogP contribution in [0.5, 0.6) is 0 Å². The molecular formula is C13H22N2O. The molecule has 2 aliphatic rings. The minimum absolute atomic E-state index is 0.257. The second-order valence-corrected chi connectivity index (χ2v) is 5.25. The van der Waals surface area contributed by atoms with Gasteiger partial charge in [-0.1, -0.05) is 6.42 Å². The lowest BCUT2D eigenvalue weighted by molar-refractivity contribution is 0.0982. The van der Waals surface area contributed by atoms with Gasteiger partial charge in [0.1, 0.15) is 0 Å². The normalized spacial score (nSPS) is 36.1. The first kappa shape index (κ1) is 11.9. The predicted molar refractivity (Wildman–Crippen MR) is 62.7 cm³/mol. The molecule has 16 heavy (non-hydrogen) atoms. The standard InChI is InChI=1S/C13H22N2O/c14-9-12-4-1-5-13(12)15-7-2-3-11(10-15)6-8-16/h11-13,16H,1-8,10H2. The molecule has 0 bridgehead atoms. The van der Waals surface area contributed by atoms with Crippen molar-refractivity contribution in [2.75, 3.05) is 19.7 Å². The van der Waals surface area contributed by atoms with Gasteiger partial charge in [0.2, 0.25) is 0 Å². The summed E-state index contributed by atoms with van der Waals surface area (Å²) in [5, 5.41) is 18.1. The maximum absolute atomic E-state index is 9.12. The first-order chi connectivity index (χ1) is 7.85.